The Labute approximate surface area is 190 Å². The van der Waals surface area contributed by atoms with Crippen LogP contribution in [0.5, 0.6) is 0 Å². The van der Waals surface area contributed by atoms with E-state index in [2.05, 4.69) is 5.32 Å². The smallest absolute Gasteiger partial charge is 0.319 e. The number of urea groups is 1. The van der Waals surface area contributed by atoms with Gasteiger partial charge in [-0.05, 0) is 49.3 Å². The summed E-state index contributed by atoms with van der Waals surface area (Å²) in [5.74, 6) is -1.00. The van der Waals surface area contributed by atoms with Crippen molar-refractivity contribution in [1.82, 2.24) is 10.2 Å². The van der Waals surface area contributed by atoms with E-state index in [9.17, 15) is 22.8 Å². The molecule has 1 spiro atoms. The molecular formula is C22H23N3O5S2. The molecule has 0 unspecified atom stereocenters. The number of para-hydroxylation sites is 1. The molecule has 1 aromatic heterocycles. The van der Waals surface area contributed by atoms with Gasteiger partial charge in [0.25, 0.3) is 5.91 Å². The highest BCUT2D eigenvalue weighted by Crippen LogP contribution is 2.42. The summed E-state index contributed by atoms with van der Waals surface area (Å²) in [6.45, 7) is -0.433. The van der Waals surface area contributed by atoms with Crippen molar-refractivity contribution in [2.24, 2.45) is 0 Å². The Kier molecular flexibility index (Phi) is 5.09. The zero-order chi connectivity index (χ0) is 22.5. The Morgan fingerprint density at radius 3 is 2.72 bits per heavy atom. The Morgan fingerprint density at radius 1 is 1.22 bits per heavy atom. The van der Waals surface area contributed by atoms with E-state index in [0.717, 1.165) is 28.2 Å². The van der Waals surface area contributed by atoms with Crippen molar-refractivity contribution < 1.29 is 22.8 Å². The van der Waals surface area contributed by atoms with Crippen LogP contribution < -0.4 is 10.2 Å². The van der Waals surface area contributed by atoms with Crippen molar-refractivity contribution in [1.29, 1.82) is 0 Å². The fourth-order valence-electron chi connectivity index (χ4n) is 5.02. The molecule has 168 valence electrons. The lowest BCUT2D eigenvalue weighted by molar-refractivity contribution is -0.135. The molecule has 2 atom stereocenters. The van der Waals surface area contributed by atoms with Gasteiger partial charge in [0, 0.05) is 16.1 Å². The monoisotopic (exact) mass is 473 g/mol. The summed E-state index contributed by atoms with van der Waals surface area (Å²) in [4.78, 5) is 43.2. The molecule has 0 saturated carbocycles. The third kappa shape index (κ3) is 3.41. The summed E-state index contributed by atoms with van der Waals surface area (Å²) in [5, 5.41) is 4.77. The molecule has 2 aliphatic heterocycles. The van der Waals surface area contributed by atoms with Gasteiger partial charge in [-0.25, -0.2) is 13.2 Å². The van der Waals surface area contributed by atoms with E-state index in [4.69, 9.17) is 0 Å². The molecule has 1 N–H and O–H groups in total. The van der Waals surface area contributed by atoms with Crippen LogP contribution in [0.1, 0.15) is 29.7 Å². The summed E-state index contributed by atoms with van der Waals surface area (Å²) in [7, 11) is -3.23. The maximum absolute atomic E-state index is 13.5. The number of hydrogen-bond acceptors (Lipinski definition) is 6. The van der Waals surface area contributed by atoms with Crippen molar-refractivity contribution in [3.63, 3.8) is 0 Å². The van der Waals surface area contributed by atoms with Gasteiger partial charge in [0.2, 0.25) is 5.91 Å². The topological polar surface area (TPSA) is 104 Å². The number of hydrogen-bond donors (Lipinski definition) is 1. The maximum atomic E-state index is 13.5. The highest BCUT2D eigenvalue weighted by molar-refractivity contribution is 7.91. The number of thiophene rings is 1. The number of amides is 4. The first kappa shape index (κ1) is 21.1. The van der Waals surface area contributed by atoms with Gasteiger partial charge in [-0.15, -0.1) is 11.3 Å². The Morgan fingerprint density at radius 2 is 2.00 bits per heavy atom. The molecule has 2 aromatic rings. The second-order valence-electron chi connectivity index (χ2n) is 8.49. The van der Waals surface area contributed by atoms with Gasteiger partial charge in [0.15, 0.2) is 9.84 Å². The molecule has 1 aromatic carbocycles. The highest BCUT2D eigenvalue weighted by atomic mass is 32.2. The summed E-state index contributed by atoms with van der Waals surface area (Å²) >= 11 is 1.57. The molecule has 3 aliphatic rings. The number of nitrogens with zero attached hydrogens (tertiary/aromatic N) is 2. The molecule has 32 heavy (non-hydrogen) atoms. The molecule has 3 heterocycles. The number of rotatable bonds is 4. The van der Waals surface area contributed by atoms with E-state index >= 15 is 0 Å². The van der Waals surface area contributed by atoms with Crippen LogP contribution in [0.15, 0.2) is 41.8 Å². The van der Waals surface area contributed by atoms with Crippen LogP contribution in [0.2, 0.25) is 0 Å². The third-order valence-corrected chi connectivity index (χ3v) is 9.24. The number of imide groups is 1. The van der Waals surface area contributed by atoms with Gasteiger partial charge in [-0.2, -0.15) is 0 Å². The number of benzene rings is 1. The van der Waals surface area contributed by atoms with Gasteiger partial charge < -0.3 is 10.2 Å². The minimum absolute atomic E-state index is 0.0153. The van der Waals surface area contributed by atoms with Crippen LogP contribution in [-0.4, -0.2) is 55.3 Å². The first-order valence-electron chi connectivity index (χ1n) is 10.6. The number of anilines is 1. The fourth-order valence-corrected chi connectivity index (χ4v) is 7.72. The summed E-state index contributed by atoms with van der Waals surface area (Å²) in [6.07, 6.45) is 2.47. The number of carbonyl (C=O) groups is 3. The normalized spacial score (nSPS) is 26.2. The fraction of sp³-hybridized carbons (Fsp3) is 0.409. The van der Waals surface area contributed by atoms with Crippen molar-refractivity contribution in [2.75, 3.05) is 23.0 Å². The molecule has 0 radical (unpaired) electrons. The molecule has 4 amide bonds. The SMILES string of the molecule is O=C1N[C@@]2(CCCc3sccc32)C(=O)N1CC(=O)N(c1ccccc1)[C@H]1CCS(=O)(=O)C1. The first-order valence-corrected chi connectivity index (χ1v) is 13.3. The number of carbonyl (C=O) groups excluding carboxylic acids is 3. The minimum atomic E-state index is -3.23. The van der Waals surface area contributed by atoms with Crippen LogP contribution in [0.4, 0.5) is 10.5 Å². The van der Waals surface area contributed by atoms with E-state index in [1.807, 2.05) is 11.4 Å². The zero-order valence-corrected chi connectivity index (χ0v) is 19.0. The average Bonchev–Trinajstić information content (AvgIpc) is 3.44. The van der Waals surface area contributed by atoms with Crippen LogP contribution >= 0.6 is 11.3 Å². The van der Waals surface area contributed by atoms with Gasteiger partial charge >= 0.3 is 6.03 Å². The number of sulfone groups is 1. The number of fused-ring (bicyclic) bond motifs is 2. The van der Waals surface area contributed by atoms with Crippen LogP contribution in [-0.2, 0) is 31.4 Å². The Hall–Kier alpha value is -2.72. The average molecular weight is 474 g/mol. The molecule has 8 nitrogen and oxygen atoms in total. The number of aryl methyl sites for hydroxylation is 1. The molecule has 1 aliphatic carbocycles. The van der Waals surface area contributed by atoms with Crippen molar-refractivity contribution in [2.45, 2.75) is 37.3 Å². The standard InChI is InChI=1S/C22H23N3O5S2/c26-19(25(15-5-2-1-3-6-15)16-9-12-32(29,30)14-16)13-24-20(27)22(23-21(24)28)10-4-7-18-17(22)8-11-31-18/h1-3,5-6,8,11,16H,4,7,9-10,12-14H2,(H,23,28)/t16-,22+/m0/s1. The zero-order valence-electron chi connectivity index (χ0n) is 17.3. The van der Waals surface area contributed by atoms with Gasteiger partial charge in [-0.1, -0.05) is 18.2 Å². The highest BCUT2D eigenvalue weighted by Gasteiger charge is 2.55. The quantitative estimate of drug-likeness (QED) is 0.685. The predicted molar refractivity (Wildman–Crippen MR) is 120 cm³/mol. The maximum Gasteiger partial charge on any atom is 0.325 e. The number of nitrogens with one attached hydrogen (secondary N) is 1. The summed E-state index contributed by atoms with van der Waals surface area (Å²) in [5.41, 5.74) is 0.266. The minimum Gasteiger partial charge on any atom is -0.319 e. The molecular weight excluding hydrogens is 450 g/mol. The van der Waals surface area contributed by atoms with Crippen molar-refractivity contribution in [3.05, 3.63) is 52.2 Å². The van der Waals surface area contributed by atoms with Gasteiger partial charge in [0.05, 0.1) is 17.5 Å². The van der Waals surface area contributed by atoms with Gasteiger partial charge in [-0.3, -0.25) is 14.5 Å². The van der Waals surface area contributed by atoms with Crippen LogP contribution in [0, 0.1) is 0 Å². The lowest BCUT2D eigenvalue weighted by Gasteiger charge is -2.32. The molecule has 5 rings (SSSR count). The molecule has 0 bridgehead atoms. The van der Waals surface area contributed by atoms with Crippen LogP contribution in [0.25, 0.3) is 0 Å². The van der Waals surface area contributed by atoms with E-state index in [1.54, 1.807) is 41.7 Å². The lowest BCUT2D eigenvalue weighted by Crippen LogP contribution is -2.49. The van der Waals surface area contributed by atoms with Gasteiger partial charge in [0.1, 0.15) is 12.1 Å². The Bertz CT molecular complexity index is 1190. The molecule has 10 heteroatoms. The largest absolute Gasteiger partial charge is 0.325 e. The Balaban J connectivity index is 1.43. The predicted octanol–water partition coefficient (Wildman–Crippen LogP) is 2.05. The third-order valence-electron chi connectivity index (χ3n) is 6.51. The molecule has 2 saturated heterocycles. The van der Waals surface area contributed by atoms with E-state index < -0.39 is 45.8 Å². The second-order valence-corrected chi connectivity index (χ2v) is 11.7. The second kappa shape index (κ2) is 7.70. The summed E-state index contributed by atoms with van der Waals surface area (Å²) < 4.78 is 24.2. The van der Waals surface area contributed by atoms with E-state index in [1.165, 1.54) is 4.90 Å². The summed E-state index contributed by atoms with van der Waals surface area (Å²) in [6, 6.07) is 9.56. The molecule has 2 fully saturated rings. The first-order chi connectivity index (χ1) is 15.3. The van der Waals surface area contributed by atoms with E-state index in [0.29, 0.717) is 18.5 Å². The van der Waals surface area contributed by atoms with E-state index in [-0.39, 0.29) is 11.5 Å². The van der Waals surface area contributed by atoms with Crippen LogP contribution in [0.3, 0.4) is 0 Å². The van der Waals surface area contributed by atoms with Crippen molar-refractivity contribution >= 4 is 44.7 Å². The van der Waals surface area contributed by atoms with Crippen molar-refractivity contribution in [3.8, 4) is 0 Å². The lowest BCUT2D eigenvalue weighted by atomic mass is 9.80.